The van der Waals surface area contributed by atoms with Crippen LogP contribution in [0.5, 0.6) is 5.75 Å². The van der Waals surface area contributed by atoms with E-state index in [0.29, 0.717) is 24.0 Å². The van der Waals surface area contributed by atoms with Crippen molar-refractivity contribution in [3.63, 3.8) is 0 Å². The highest BCUT2D eigenvalue weighted by Crippen LogP contribution is 2.25. The highest BCUT2D eigenvalue weighted by Gasteiger charge is 2.18. The summed E-state index contributed by atoms with van der Waals surface area (Å²) in [5, 5.41) is 11.7. The Labute approximate surface area is 106 Å². The minimum atomic E-state index is 0.0392. The summed E-state index contributed by atoms with van der Waals surface area (Å²) in [6, 6.07) is 5.55. The second kappa shape index (κ2) is 5.73. The van der Waals surface area contributed by atoms with E-state index in [4.69, 9.17) is 20.4 Å². The lowest BCUT2D eigenvalue weighted by Crippen LogP contribution is -2.21. The third-order valence-electron chi connectivity index (χ3n) is 3.19. The molecule has 3 N–H and O–H groups in total. The summed E-state index contributed by atoms with van der Waals surface area (Å²) in [5.74, 6) is 0.620. The van der Waals surface area contributed by atoms with E-state index < -0.39 is 0 Å². The molecule has 0 aromatic heterocycles. The second-order valence-corrected chi connectivity index (χ2v) is 4.38. The molecule has 0 bridgehead atoms. The fourth-order valence-corrected chi connectivity index (χ4v) is 1.85. The lowest BCUT2D eigenvalue weighted by atomic mass is 9.96. The molecule has 2 rings (SSSR count). The second-order valence-electron chi connectivity index (χ2n) is 4.38. The first-order chi connectivity index (χ1) is 8.74. The molecule has 5 nitrogen and oxygen atoms in total. The number of oxime groups is 1. The highest BCUT2D eigenvalue weighted by molar-refractivity contribution is 5.99. The SMILES string of the molecule is COc1ccc(COC2CCC2)cc1C(N)=NO. The van der Waals surface area contributed by atoms with Gasteiger partial charge in [0.15, 0.2) is 5.84 Å². The van der Waals surface area contributed by atoms with Crippen LogP contribution in [-0.4, -0.2) is 24.3 Å². The lowest BCUT2D eigenvalue weighted by Gasteiger charge is -2.25. The number of methoxy groups -OCH3 is 1. The zero-order valence-electron chi connectivity index (χ0n) is 10.4. The number of hydrogen-bond donors (Lipinski definition) is 2. The molecule has 0 spiro atoms. The van der Waals surface area contributed by atoms with Gasteiger partial charge in [-0.3, -0.25) is 0 Å². The third-order valence-corrected chi connectivity index (χ3v) is 3.19. The van der Waals surface area contributed by atoms with E-state index in [9.17, 15) is 0 Å². The highest BCUT2D eigenvalue weighted by atomic mass is 16.5. The summed E-state index contributed by atoms with van der Waals surface area (Å²) in [6.45, 7) is 0.542. The maximum atomic E-state index is 8.74. The fourth-order valence-electron chi connectivity index (χ4n) is 1.85. The molecule has 0 unspecified atom stereocenters. The maximum Gasteiger partial charge on any atom is 0.173 e. The Morgan fingerprint density at radius 3 is 2.83 bits per heavy atom. The Morgan fingerprint density at radius 2 is 2.28 bits per heavy atom. The Morgan fingerprint density at radius 1 is 1.50 bits per heavy atom. The average Bonchev–Trinajstić information content (AvgIpc) is 2.35. The molecule has 0 heterocycles. The first kappa shape index (κ1) is 12.7. The molecule has 1 saturated carbocycles. The first-order valence-electron chi connectivity index (χ1n) is 6.01. The minimum absolute atomic E-state index is 0.0392. The smallest absolute Gasteiger partial charge is 0.173 e. The normalized spacial score (nSPS) is 16.4. The molecule has 1 aromatic rings. The van der Waals surface area contributed by atoms with Gasteiger partial charge in [-0.15, -0.1) is 0 Å². The van der Waals surface area contributed by atoms with Crippen LogP contribution < -0.4 is 10.5 Å². The van der Waals surface area contributed by atoms with Gasteiger partial charge in [-0.2, -0.15) is 0 Å². The largest absolute Gasteiger partial charge is 0.496 e. The maximum absolute atomic E-state index is 8.74. The van der Waals surface area contributed by atoms with Crippen molar-refractivity contribution in [3.05, 3.63) is 29.3 Å². The van der Waals surface area contributed by atoms with E-state index in [1.807, 2.05) is 12.1 Å². The summed E-state index contributed by atoms with van der Waals surface area (Å²) in [5.41, 5.74) is 7.18. The average molecular weight is 250 g/mol. The van der Waals surface area contributed by atoms with Gasteiger partial charge in [-0.1, -0.05) is 11.2 Å². The van der Waals surface area contributed by atoms with E-state index in [-0.39, 0.29) is 5.84 Å². The van der Waals surface area contributed by atoms with Crippen LogP contribution in [0.15, 0.2) is 23.4 Å². The molecule has 0 radical (unpaired) electrons. The van der Waals surface area contributed by atoms with Gasteiger partial charge in [0.1, 0.15) is 5.75 Å². The van der Waals surface area contributed by atoms with Crippen molar-refractivity contribution in [2.45, 2.75) is 32.0 Å². The Bertz CT molecular complexity index is 442. The molecule has 0 atom stereocenters. The van der Waals surface area contributed by atoms with Crippen molar-refractivity contribution in [1.29, 1.82) is 0 Å². The van der Waals surface area contributed by atoms with E-state index in [2.05, 4.69) is 5.16 Å². The Balaban J connectivity index is 2.11. The number of hydrogen-bond acceptors (Lipinski definition) is 4. The van der Waals surface area contributed by atoms with Crippen molar-refractivity contribution in [2.75, 3.05) is 7.11 Å². The molecule has 1 fully saturated rings. The van der Waals surface area contributed by atoms with Gasteiger partial charge < -0.3 is 20.4 Å². The van der Waals surface area contributed by atoms with Gasteiger partial charge in [0, 0.05) is 0 Å². The Hall–Kier alpha value is -1.75. The molecule has 98 valence electrons. The van der Waals surface area contributed by atoms with Crippen LogP contribution >= 0.6 is 0 Å². The van der Waals surface area contributed by atoms with Crippen LogP contribution in [0.2, 0.25) is 0 Å². The van der Waals surface area contributed by atoms with Crippen LogP contribution in [0.3, 0.4) is 0 Å². The van der Waals surface area contributed by atoms with Crippen LogP contribution in [0, 0.1) is 0 Å². The topological polar surface area (TPSA) is 77.1 Å². The summed E-state index contributed by atoms with van der Waals surface area (Å²) in [4.78, 5) is 0. The molecule has 1 aliphatic rings. The number of nitrogens with two attached hydrogens (primary N) is 1. The summed E-state index contributed by atoms with van der Waals surface area (Å²) < 4.78 is 10.9. The number of ether oxygens (including phenoxy) is 2. The van der Waals surface area contributed by atoms with Gasteiger partial charge in [0.25, 0.3) is 0 Å². The quantitative estimate of drug-likeness (QED) is 0.362. The molecule has 0 aliphatic heterocycles. The fraction of sp³-hybridized carbons (Fsp3) is 0.462. The predicted octanol–water partition coefficient (Wildman–Crippen LogP) is 1.86. The van der Waals surface area contributed by atoms with E-state index in [1.54, 1.807) is 13.2 Å². The Kier molecular flexibility index (Phi) is 4.04. The van der Waals surface area contributed by atoms with Gasteiger partial charge in [-0.05, 0) is 37.0 Å². The molecule has 0 saturated heterocycles. The zero-order chi connectivity index (χ0) is 13.0. The molecular formula is C13H18N2O3. The molecule has 5 heteroatoms. The predicted molar refractivity (Wildman–Crippen MR) is 67.9 cm³/mol. The number of rotatable bonds is 5. The van der Waals surface area contributed by atoms with Crippen LogP contribution in [-0.2, 0) is 11.3 Å². The number of benzene rings is 1. The molecule has 1 aliphatic carbocycles. The van der Waals surface area contributed by atoms with Crippen molar-refractivity contribution >= 4 is 5.84 Å². The van der Waals surface area contributed by atoms with Crippen molar-refractivity contribution < 1.29 is 14.7 Å². The zero-order valence-corrected chi connectivity index (χ0v) is 10.4. The lowest BCUT2D eigenvalue weighted by molar-refractivity contribution is -0.00867. The number of nitrogens with zero attached hydrogens (tertiary/aromatic N) is 1. The summed E-state index contributed by atoms with van der Waals surface area (Å²) >= 11 is 0. The molecule has 0 amide bonds. The van der Waals surface area contributed by atoms with Gasteiger partial charge >= 0.3 is 0 Å². The van der Waals surface area contributed by atoms with Crippen LogP contribution in [0.1, 0.15) is 30.4 Å². The molecular weight excluding hydrogens is 232 g/mol. The molecule has 18 heavy (non-hydrogen) atoms. The van der Waals surface area contributed by atoms with E-state index >= 15 is 0 Å². The van der Waals surface area contributed by atoms with Crippen molar-refractivity contribution in [1.82, 2.24) is 0 Å². The van der Waals surface area contributed by atoms with Crippen molar-refractivity contribution in [2.24, 2.45) is 10.9 Å². The van der Waals surface area contributed by atoms with Crippen LogP contribution in [0.4, 0.5) is 0 Å². The molecule has 1 aromatic carbocycles. The van der Waals surface area contributed by atoms with Gasteiger partial charge in [0.05, 0.1) is 25.4 Å². The van der Waals surface area contributed by atoms with E-state index in [0.717, 1.165) is 18.4 Å². The summed E-state index contributed by atoms with van der Waals surface area (Å²) in [6.07, 6.45) is 3.93. The standard InChI is InChI=1S/C13H18N2O3/c1-17-12-6-5-9(7-11(12)13(14)15-16)8-18-10-3-2-4-10/h5-7,10,16H,2-4,8H2,1H3,(H2,14,15). The third kappa shape index (κ3) is 2.73. The number of amidine groups is 1. The monoisotopic (exact) mass is 250 g/mol. The van der Waals surface area contributed by atoms with Gasteiger partial charge in [0.2, 0.25) is 0 Å². The van der Waals surface area contributed by atoms with Gasteiger partial charge in [-0.25, -0.2) is 0 Å². The van der Waals surface area contributed by atoms with E-state index in [1.165, 1.54) is 6.42 Å². The van der Waals surface area contributed by atoms with Crippen LogP contribution in [0.25, 0.3) is 0 Å². The first-order valence-corrected chi connectivity index (χ1v) is 6.01. The van der Waals surface area contributed by atoms with Crippen molar-refractivity contribution in [3.8, 4) is 5.75 Å². The summed E-state index contributed by atoms with van der Waals surface area (Å²) in [7, 11) is 1.55. The minimum Gasteiger partial charge on any atom is -0.496 e.